The molecular formula is C23H33N3O5. The molecule has 1 fully saturated rings. The van der Waals surface area contributed by atoms with Crippen molar-refractivity contribution in [3.05, 3.63) is 35.9 Å². The zero-order valence-corrected chi connectivity index (χ0v) is 18.8. The average molecular weight is 432 g/mol. The molecular weight excluding hydrogens is 398 g/mol. The summed E-state index contributed by atoms with van der Waals surface area (Å²) in [5, 5.41) is 5.47. The first-order valence-corrected chi connectivity index (χ1v) is 11.1. The Kier molecular flexibility index (Phi) is 7.08. The minimum Gasteiger partial charge on any atom is -0.443 e. The van der Waals surface area contributed by atoms with Crippen LogP contribution in [0.25, 0.3) is 0 Å². The molecule has 2 heterocycles. The van der Waals surface area contributed by atoms with E-state index in [9.17, 15) is 9.59 Å². The van der Waals surface area contributed by atoms with Crippen LogP contribution in [0.2, 0.25) is 0 Å². The lowest BCUT2D eigenvalue weighted by molar-refractivity contribution is -0.0921. The summed E-state index contributed by atoms with van der Waals surface area (Å²) in [4.78, 5) is 30.8. The summed E-state index contributed by atoms with van der Waals surface area (Å²) >= 11 is 0. The van der Waals surface area contributed by atoms with Crippen LogP contribution < -0.4 is 5.43 Å². The number of nitrogens with one attached hydrogen (secondary N) is 1. The number of fused-ring (bicyclic) bond motifs is 1. The summed E-state index contributed by atoms with van der Waals surface area (Å²) in [6.07, 6.45) is 4.71. The number of carbonyl (C=O) groups excluding carboxylic acids is 2. The summed E-state index contributed by atoms with van der Waals surface area (Å²) in [5.74, 6) is 0. The van der Waals surface area contributed by atoms with Crippen LogP contribution in [-0.2, 0) is 14.3 Å². The lowest BCUT2D eigenvalue weighted by Gasteiger charge is -2.34. The van der Waals surface area contributed by atoms with E-state index < -0.39 is 29.6 Å². The molecule has 3 rings (SSSR count). The molecule has 1 N–H and O–H groups in total. The van der Waals surface area contributed by atoms with Crippen molar-refractivity contribution in [2.24, 2.45) is 5.16 Å². The third-order valence-electron chi connectivity index (χ3n) is 5.39. The molecule has 170 valence electrons. The maximum atomic E-state index is 12.7. The molecule has 2 amide bonds. The van der Waals surface area contributed by atoms with Gasteiger partial charge in [-0.1, -0.05) is 80.9 Å². The van der Waals surface area contributed by atoms with Crippen LogP contribution in [-0.4, -0.2) is 40.3 Å². The molecule has 0 spiro atoms. The number of unbranched alkanes of at least 4 members (excludes halogenated alkanes) is 5. The predicted molar refractivity (Wildman–Crippen MR) is 116 cm³/mol. The van der Waals surface area contributed by atoms with Gasteiger partial charge < -0.3 is 14.3 Å². The maximum absolute atomic E-state index is 12.7. The number of hydrogen-bond acceptors (Lipinski definition) is 6. The molecule has 8 heteroatoms. The molecule has 31 heavy (non-hydrogen) atoms. The Hall–Kier alpha value is -2.77. The van der Waals surface area contributed by atoms with Gasteiger partial charge in [0.2, 0.25) is 0 Å². The molecule has 0 bridgehead atoms. The van der Waals surface area contributed by atoms with Gasteiger partial charge >= 0.3 is 18.5 Å². The van der Waals surface area contributed by atoms with Gasteiger partial charge in [0, 0.05) is 5.56 Å². The fraction of sp³-hybridized carbons (Fsp3) is 0.609. The molecule has 1 aromatic rings. The van der Waals surface area contributed by atoms with E-state index in [1.165, 1.54) is 24.3 Å². The fourth-order valence-electron chi connectivity index (χ4n) is 3.98. The summed E-state index contributed by atoms with van der Waals surface area (Å²) in [5.41, 5.74) is 2.21. The van der Waals surface area contributed by atoms with E-state index in [1.807, 2.05) is 30.3 Å². The number of benzene rings is 1. The van der Waals surface area contributed by atoms with Gasteiger partial charge in [-0.25, -0.2) is 15.0 Å². The molecule has 1 aromatic carbocycles. The molecule has 0 unspecified atom stereocenters. The van der Waals surface area contributed by atoms with Crippen molar-refractivity contribution < 1.29 is 23.9 Å². The second-order valence-corrected chi connectivity index (χ2v) is 9.02. The van der Waals surface area contributed by atoms with Gasteiger partial charge in [0.15, 0.2) is 5.54 Å². The third kappa shape index (κ3) is 5.11. The first-order valence-electron chi connectivity index (χ1n) is 11.1. The zero-order chi connectivity index (χ0) is 22.5. The van der Waals surface area contributed by atoms with Crippen LogP contribution in [0.15, 0.2) is 35.5 Å². The van der Waals surface area contributed by atoms with Crippen molar-refractivity contribution in [1.29, 1.82) is 0 Å². The molecule has 0 radical (unpaired) electrons. The highest BCUT2D eigenvalue weighted by atomic mass is 16.8. The smallest absolute Gasteiger partial charge is 0.433 e. The number of hydrogen-bond donors (Lipinski definition) is 1. The topological polar surface area (TPSA) is 89.5 Å². The number of amides is 2. The number of ether oxygens (including phenoxy) is 2. The molecule has 1 saturated heterocycles. The quantitative estimate of drug-likeness (QED) is 0.548. The highest BCUT2D eigenvalue weighted by Crippen LogP contribution is 2.42. The van der Waals surface area contributed by atoms with E-state index in [4.69, 9.17) is 14.3 Å². The van der Waals surface area contributed by atoms with Crippen molar-refractivity contribution in [2.75, 3.05) is 0 Å². The average Bonchev–Trinajstić information content (AvgIpc) is 3.18. The first kappa shape index (κ1) is 22.9. The minimum absolute atomic E-state index is 0.541. The summed E-state index contributed by atoms with van der Waals surface area (Å²) in [6, 6.07) is 9.51. The van der Waals surface area contributed by atoms with E-state index in [1.54, 1.807) is 20.8 Å². The number of oxime groups is 1. The SMILES string of the molecule is CCCCCCCC[C@]12C(c3ccccc3)=NO[C@H]1OC(=O)N2NC(=O)OC(C)(C)C. The van der Waals surface area contributed by atoms with E-state index in [0.717, 1.165) is 24.8 Å². The Morgan fingerprint density at radius 2 is 1.84 bits per heavy atom. The lowest BCUT2D eigenvalue weighted by Crippen LogP contribution is -2.62. The molecule has 2 atom stereocenters. The van der Waals surface area contributed by atoms with Crippen LogP contribution in [0, 0.1) is 0 Å². The highest BCUT2D eigenvalue weighted by Gasteiger charge is 2.64. The van der Waals surface area contributed by atoms with E-state index >= 15 is 0 Å². The Bertz CT molecular complexity index is 805. The minimum atomic E-state index is -1.06. The molecule has 0 saturated carbocycles. The van der Waals surface area contributed by atoms with Crippen LogP contribution in [0.4, 0.5) is 9.59 Å². The Morgan fingerprint density at radius 1 is 1.16 bits per heavy atom. The van der Waals surface area contributed by atoms with Crippen LogP contribution in [0.1, 0.15) is 78.2 Å². The maximum Gasteiger partial charge on any atom is 0.433 e. The van der Waals surface area contributed by atoms with Crippen molar-refractivity contribution >= 4 is 17.9 Å². The zero-order valence-electron chi connectivity index (χ0n) is 18.8. The second kappa shape index (κ2) is 9.58. The highest BCUT2D eigenvalue weighted by molar-refractivity contribution is 6.10. The van der Waals surface area contributed by atoms with Crippen LogP contribution in [0.3, 0.4) is 0 Å². The number of nitrogens with zero attached hydrogens (tertiary/aromatic N) is 2. The Morgan fingerprint density at radius 3 is 2.52 bits per heavy atom. The fourth-order valence-corrected chi connectivity index (χ4v) is 3.98. The van der Waals surface area contributed by atoms with Crippen LogP contribution in [0.5, 0.6) is 0 Å². The Balaban J connectivity index is 1.85. The van der Waals surface area contributed by atoms with Gasteiger partial charge in [-0.2, -0.15) is 5.01 Å². The lowest BCUT2D eigenvalue weighted by atomic mass is 9.83. The molecule has 0 aliphatic carbocycles. The standard InChI is InChI=1S/C23H33N3O5/c1-5-6-7-8-9-13-16-23-18(17-14-11-10-12-15-17)25-31-19(23)29-21(28)26(23)24-20(27)30-22(2,3)4/h10-12,14-15,19H,5-9,13,16H2,1-4H3,(H,24,27)/t19-,23+/m1/s1. The van der Waals surface area contributed by atoms with Gasteiger partial charge in [-0.05, 0) is 27.2 Å². The monoisotopic (exact) mass is 431 g/mol. The van der Waals surface area contributed by atoms with Crippen molar-refractivity contribution in [3.63, 3.8) is 0 Å². The molecule has 2 aliphatic heterocycles. The van der Waals surface area contributed by atoms with Crippen molar-refractivity contribution in [3.8, 4) is 0 Å². The molecule has 8 nitrogen and oxygen atoms in total. The van der Waals surface area contributed by atoms with E-state index in [2.05, 4.69) is 17.5 Å². The van der Waals surface area contributed by atoms with Gasteiger partial charge in [-0.3, -0.25) is 0 Å². The second-order valence-electron chi connectivity index (χ2n) is 9.02. The van der Waals surface area contributed by atoms with Gasteiger partial charge in [0.25, 0.3) is 0 Å². The van der Waals surface area contributed by atoms with Crippen molar-refractivity contribution in [2.45, 2.75) is 90.1 Å². The summed E-state index contributed by atoms with van der Waals surface area (Å²) in [6.45, 7) is 7.47. The number of carbonyl (C=O) groups is 2. The largest absolute Gasteiger partial charge is 0.443 e. The summed E-state index contributed by atoms with van der Waals surface area (Å²) < 4.78 is 10.8. The van der Waals surface area contributed by atoms with Gasteiger partial charge in [-0.15, -0.1) is 0 Å². The predicted octanol–water partition coefficient (Wildman–Crippen LogP) is 5.13. The number of hydrazine groups is 1. The van der Waals surface area contributed by atoms with Crippen LogP contribution >= 0.6 is 0 Å². The normalized spacial score (nSPS) is 22.5. The van der Waals surface area contributed by atoms with Gasteiger partial charge in [0.05, 0.1) is 0 Å². The molecule has 0 aromatic heterocycles. The molecule has 2 aliphatic rings. The third-order valence-corrected chi connectivity index (χ3v) is 5.39. The van der Waals surface area contributed by atoms with Crippen molar-refractivity contribution in [1.82, 2.24) is 10.4 Å². The van der Waals surface area contributed by atoms with E-state index in [0.29, 0.717) is 12.1 Å². The summed E-state index contributed by atoms with van der Waals surface area (Å²) in [7, 11) is 0. The van der Waals surface area contributed by atoms with E-state index in [-0.39, 0.29) is 0 Å². The van der Waals surface area contributed by atoms with Gasteiger partial charge in [0.1, 0.15) is 11.3 Å². The first-order chi connectivity index (χ1) is 14.8. The number of rotatable bonds is 9. The Labute approximate surface area is 183 Å².